The van der Waals surface area contributed by atoms with E-state index in [1.54, 1.807) is 12.1 Å². The zero-order valence-electron chi connectivity index (χ0n) is 18.8. The SMILES string of the molecule is O=C(CSc1nnc(-c2ccc([N+](=O)[O-])cc2)n1CC1CCCO1)Nc1cccc2ccccc12. The van der Waals surface area contributed by atoms with Crippen molar-refractivity contribution < 1.29 is 14.5 Å². The number of carbonyl (C=O) groups is 1. The van der Waals surface area contributed by atoms with Crippen molar-refractivity contribution in [1.82, 2.24) is 14.8 Å². The molecule has 0 saturated carbocycles. The molecule has 9 nitrogen and oxygen atoms in total. The lowest BCUT2D eigenvalue weighted by Crippen LogP contribution is -2.18. The molecule has 0 spiro atoms. The van der Waals surface area contributed by atoms with Crippen molar-refractivity contribution in [3.05, 3.63) is 76.8 Å². The van der Waals surface area contributed by atoms with Crippen LogP contribution in [0.15, 0.2) is 71.9 Å². The van der Waals surface area contributed by atoms with Gasteiger partial charge in [0, 0.05) is 35.4 Å². The molecule has 1 aliphatic rings. The molecule has 35 heavy (non-hydrogen) atoms. The van der Waals surface area contributed by atoms with Gasteiger partial charge in [-0.25, -0.2) is 0 Å². The first-order valence-electron chi connectivity index (χ1n) is 11.3. The van der Waals surface area contributed by atoms with E-state index in [2.05, 4.69) is 15.5 Å². The lowest BCUT2D eigenvalue weighted by molar-refractivity contribution is -0.384. The number of rotatable bonds is 8. The number of hydrogen-bond donors (Lipinski definition) is 1. The molecule has 1 aromatic heterocycles. The average Bonchev–Trinajstić information content (AvgIpc) is 3.53. The van der Waals surface area contributed by atoms with Crippen LogP contribution in [0.2, 0.25) is 0 Å². The van der Waals surface area contributed by atoms with E-state index in [9.17, 15) is 14.9 Å². The molecule has 1 atom stereocenters. The van der Waals surface area contributed by atoms with Crippen LogP contribution in [0.5, 0.6) is 0 Å². The molecule has 2 heterocycles. The summed E-state index contributed by atoms with van der Waals surface area (Å²) < 4.78 is 7.75. The second-order valence-corrected chi connectivity index (χ2v) is 9.16. The van der Waals surface area contributed by atoms with E-state index in [4.69, 9.17) is 4.74 Å². The topological polar surface area (TPSA) is 112 Å². The standard InChI is InChI=1S/C25H23N5O4S/c31-23(26-22-9-3-6-17-5-1-2-8-21(17)22)16-35-25-28-27-24(29(25)15-20-7-4-14-34-20)18-10-12-19(13-11-18)30(32)33/h1-3,5-6,8-13,20H,4,7,14-16H2,(H,26,31). The molecule has 0 radical (unpaired) electrons. The number of nitro benzene ring substituents is 1. The Labute approximate surface area is 205 Å². The first-order chi connectivity index (χ1) is 17.1. The summed E-state index contributed by atoms with van der Waals surface area (Å²) in [5.41, 5.74) is 1.49. The molecule has 1 fully saturated rings. The number of hydrogen-bond acceptors (Lipinski definition) is 7. The summed E-state index contributed by atoms with van der Waals surface area (Å²) in [6.45, 7) is 1.27. The predicted octanol–water partition coefficient (Wildman–Crippen LogP) is 4.92. The molecule has 4 aromatic rings. The Kier molecular flexibility index (Phi) is 6.73. The van der Waals surface area contributed by atoms with Gasteiger partial charge in [-0.05, 0) is 36.4 Å². The Hall–Kier alpha value is -3.76. The van der Waals surface area contributed by atoms with E-state index in [0.717, 1.165) is 35.9 Å². The minimum absolute atomic E-state index is 0.0126. The van der Waals surface area contributed by atoms with Crippen molar-refractivity contribution in [1.29, 1.82) is 0 Å². The number of amides is 1. The summed E-state index contributed by atoms with van der Waals surface area (Å²) in [6.07, 6.45) is 1.96. The van der Waals surface area contributed by atoms with Gasteiger partial charge in [0.15, 0.2) is 11.0 Å². The molecule has 1 saturated heterocycles. The molecule has 1 amide bonds. The molecule has 5 rings (SSSR count). The Morgan fingerprint density at radius 3 is 2.69 bits per heavy atom. The Balaban J connectivity index is 1.34. The van der Waals surface area contributed by atoms with Crippen molar-refractivity contribution in [2.45, 2.75) is 30.6 Å². The maximum atomic E-state index is 12.8. The van der Waals surface area contributed by atoms with Gasteiger partial charge in [-0.15, -0.1) is 10.2 Å². The third-order valence-electron chi connectivity index (χ3n) is 5.86. The summed E-state index contributed by atoms with van der Waals surface area (Å²) in [5, 5.41) is 25.3. The molecule has 1 N–H and O–H groups in total. The molecule has 10 heteroatoms. The number of nitrogens with one attached hydrogen (secondary N) is 1. The molecule has 1 unspecified atom stereocenters. The van der Waals surface area contributed by atoms with Crippen molar-refractivity contribution in [3.8, 4) is 11.4 Å². The van der Waals surface area contributed by atoms with E-state index < -0.39 is 4.92 Å². The van der Waals surface area contributed by atoms with Crippen molar-refractivity contribution >= 4 is 39.8 Å². The number of anilines is 1. The predicted molar refractivity (Wildman–Crippen MR) is 134 cm³/mol. The van der Waals surface area contributed by atoms with Gasteiger partial charge in [-0.1, -0.05) is 48.2 Å². The number of nitro groups is 1. The van der Waals surface area contributed by atoms with Crippen LogP contribution in [0.1, 0.15) is 12.8 Å². The van der Waals surface area contributed by atoms with Crippen LogP contribution in [0.3, 0.4) is 0 Å². The van der Waals surface area contributed by atoms with Crippen molar-refractivity contribution in [2.75, 3.05) is 17.7 Å². The van der Waals surface area contributed by atoms with Crippen LogP contribution >= 0.6 is 11.8 Å². The third kappa shape index (κ3) is 5.18. The van der Waals surface area contributed by atoms with Gasteiger partial charge in [-0.2, -0.15) is 0 Å². The van der Waals surface area contributed by atoms with Crippen LogP contribution < -0.4 is 5.32 Å². The molecule has 3 aromatic carbocycles. The number of nitrogens with zero attached hydrogens (tertiary/aromatic N) is 4. The first-order valence-corrected chi connectivity index (χ1v) is 12.3. The van der Waals surface area contributed by atoms with Gasteiger partial charge in [0.1, 0.15) is 0 Å². The minimum atomic E-state index is -0.434. The normalized spacial score (nSPS) is 15.4. The van der Waals surface area contributed by atoms with Gasteiger partial charge in [0.25, 0.3) is 5.69 Å². The molecule has 178 valence electrons. The lowest BCUT2D eigenvalue weighted by Gasteiger charge is -2.15. The maximum absolute atomic E-state index is 12.8. The molecular weight excluding hydrogens is 466 g/mol. The highest BCUT2D eigenvalue weighted by Crippen LogP contribution is 2.28. The fourth-order valence-electron chi connectivity index (χ4n) is 4.15. The summed E-state index contributed by atoms with van der Waals surface area (Å²) in [7, 11) is 0. The fourth-order valence-corrected chi connectivity index (χ4v) is 4.90. The number of thioether (sulfide) groups is 1. The lowest BCUT2D eigenvalue weighted by atomic mass is 10.1. The van der Waals surface area contributed by atoms with Crippen molar-refractivity contribution in [2.24, 2.45) is 0 Å². The molecule has 0 bridgehead atoms. The number of fused-ring (bicyclic) bond motifs is 1. The van der Waals surface area contributed by atoms with Gasteiger partial charge in [-0.3, -0.25) is 19.5 Å². The van der Waals surface area contributed by atoms with E-state index in [-0.39, 0.29) is 23.5 Å². The molecule has 1 aliphatic heterocycles. The Morgan fingerprint density at radius 1 is 1.11 bits per heavy atom. The summed E-state index contributed by atoms with van der Waals surface area (Å²) in [6, 6.07) is 19.9. The first kappa shape index (κ1) is 23.0. The number of non-ortho nitro benzene ring substituents is 1. The zero-order chi connectivity index (χ0) is 24.2. The number of carbonyl (C=O) groups excluding carboxylic acids is 1. The smallest absolute Gasteiger partial charge is 0.269 e. The van der Waals surface area contributed by atoms with Crippen LogP contribution in [-0.4, -0.2) is 44.1 Å². The second-order valence-electron chi connectivity index (χ2n) is 8.22. The fraction of sp³-hybridized carbons (Fsp3) is 0.240. The molecular formula is C25H23N5O4S. The average molecular weight is 490 g/mol. The van der Waals surface area contributed by atoms with Gasteiger partial charge < -0.3 is 10.1 Å². The quantitative estimate of drug-likeness (QED) is 0.212. The minimum Gasteiger partial charge on any atom is -0.376 e. The third-order valence-corrected chi connectivity index (χ3v) is 6.83. The maximum Gasteiger partial charge on any atom is 0.269 e. The highest BCUT2D eigenvalue weighted by molar-refractivity contribution is 7.99. The van der Waals surface area contributed by atoms with E-state index in [1.165, 1.54) is 23.9 Å². The van der Waals surface area contributed by atoms with Gasteiger partial charge >= 0.3 is 0 Å². The summed E-state index contributed by atoms with van der Waals surface area (Å²) in [4.78, 5) is 23.4. The van der Waals surface area contributed by atoms with Gasteiger partial charge in [0.05, 0.1) is 23.3 Å². The van der Waals surface area contributed by atoms with Crippen molar-refractivity contribution in [3.63, 3.8) is 0 Å². The zero-order valence-corrected chi connectivity index (χ0v) is 19.6. The monoisotopic (exact) mass is 489 g/mol. The number of aromatic nitrogens is 3. The van der Waals surface area contributed by atoms with Crippen LogP contribution in [0, 0.1) is 10.1 Å². The Morgan fingerprint density at radius 2 is 1.91 bits per heavy atom. The van der Waals surface area contributed by atoms with Crippen LogP contribution in [0.4, 0.5) is 11.4 Å². The van der Waals surface area contributed by atoms with Crippen LogP contribution in [-0.2, 0) is 16.1 Å². The van der Waals surface area contributed by atoms with E-state index in [1.807, 2.05) is 47.0 Å². The van der Waals surface area contributed by atoms with Gasteiger partial charge in [0.2, 0.25) is 5.91 Å². The number of benzene rings is 3. The summed E-state index contributed by atoms with van der Waals surface area (Å²) in [5.74, 6) is 0.606. The van der Waals surface area contributed by atoms with E-state index in [0.29, 0.717) is 23.1 Å². The second kappa shape index (κ2) is 10.2. The highest BCUT2D eigenvalue weighted by atomic mass is 32.2. The van der Waals surface area contributed by atoms with E-state index >= 15 is 0 Å². The largest absolute Gasteiger partial charge is 0.376 e. The summed E-state index contributed by atoms with van der Waals surface area (Å²) >= 11 is 1.30. The number of ether oxygens (including phenoxy) is 1. The Bertz CT molecular complexity index is 1360. The molecule has 0 aliphatic carbocycles. The van der Waals surface area contributed by atoms with Crippen LogP contribution in [0.25, 0.3) is 22.2 Å². The highest BCUT2D eigenvalue weighted by Gasteiger charge is 2.22.